The van der Waals surface area contributed by atoms with Crippen molar-refractivity contribution in [3.05, 3.63) is 29.8 Å². The van der Waals surface area contributed by atoms with Crippen LogP contribution < -0.4 is 15.6 Å². The predicted molar refractivity (Wildman–Crippen MR) is 86.7 cm³/mol. The highest BCUT2D eigenvalue weighted by atomic mass is 19.3. The van der Waals surface area contributed by atoms with E-state index in [0.29, 0.717) is 13.0 Å². The molecule has 2 amide bonds. The van der Waals surface area contributed by atoms with Crippen LogP contribution in [0, 0.1) is 12.3 Å². The molecular weight excluding hydrogens is 332 g/mol. The monoisotopic (exact) mass is 351 g/mol. The number of carbonyl (C=O) groups is 2. The molecule has 1 aliphatic rings. The number of ether oxygens (including phenoxy) is 1. The van der Waals surface area contributed by atoms with E-state index >= 15 is 0 Å². The molecular formula is C17H19F2N3O3. The Kier molecular flexibility index (Phi) is 6.71. The Bertz CT molecular complexity index is 661. The Balaban J connectivity index is 1.92. The van der Waals surface area contributed by atoms with E-state index in [1.807, 2.05) is 4.90 Å². The zero-order chi connectivity index (χ0) is 18.2. The van der Waals surface area contributed by atoms with Crippen LogP contribution in [0.3, 0.4) is 0 Å². The molecule has 0 saturated carbocycles. The number of terminal acetylenes is 1. The number of likely N-dealkylation sites (tertiary alicyclic amines) is 1. The van der Waals surface area contributed by atoms with E-state index < -0.39 is 18.6 Å². The standard InChI is InChI=1S/C17H19F2N3O3/c1-2-9-22-10-4-3-8-14(22)16(24)21-20-15(23)12-6-5-7-13(11-12)25-17(18)19/h1,5-7,11,14,17H,3-4,8-10H2,(H,20,23)(H,21,24)/t14-/m0/s1. The van der Waals surface area contributed by atoms with Crippen LogP contribution in [-0.4, -0.2) is 42.5 Å². The molecule has 1 aliphatic heterocycles. The first-order chi connectivity index (χ1) is 12.0. The minimum Gasteiger partial charge on any atom is -0.435 e. The smallest absolute Gasteiger partial charge is 0.387 e. The van der Waals surface area contributed by atoms with Gasteiger partial charge in [0.15, 0.2) is 0 Å². The summed E-state index contributed by atoms with van der Waals surface area (Å²) in [6.07, 6.45) is 7.83. The van der Waals surface area contributed by atoms with Gasteiger partial charge in [0.1, 0.15) is 5.75 Å². The van der Waals surface area contributed by atoms with Crippen molar-refractivity contribution in [1.82, 2.24) is 15.8 Å². The Hall–Kier alpha value is -2.66. The second-order valence-electron chi connectivity index (χ2n) is 5.54. The molecule has 0 spiro atoms. The molecule has 0 bridgehead atoms. The lowest BCUT2D eigenvalue weighted by Gasteiger charge is -2.33. The molecule has 8 heteroatoms. The van der Waals surface area contributed by atoms with E-state index in [1.165, 1.54) is 24.3 Å². The summed E-state index contributed by atoms with van der Waals surface area (Å²) >= 11 is 0. The lowest BCUT2D eigenvalue weighted by atomic mass is 10.0. The van der Waals surface area contributed by atoms with Gasteiger partial charge < -0.3 is 4.74 Å². The molecule has 25 heavy (non-hydrogen) atoms. The number of rotatable bonds is 5. The van der Waals surface area contributed by atoms with Crippen molar-refractivity contribution in [2.24, 2.45) is 0 Å². The van der Waals surface area contributed by atoms with Gasteiger partial charge in [-0.2, -0.15) is 8.78 Å². The van der Waals surface area contributed by atoms with Crippen LogP contribution in [-0.2, 0) is 4.79 Å². The fourth-order valence-corrected chi connectivity index (χ4v) is 2.68. The SMILES string of the molecule is C#CCN1CCCC[C@H]1C(=O)NNC(=O)c1cccc(OC(F)F)c1. The fourth-order valence-electron chi connectivity index (χ4n) is 2.68. The number of hydrogen-bond donors (Lipinski definition) is 2. The van der Waals surface area contributed by atoms with E-state index in [-0.39, 0.29) is 17.2 Å². The van der Waals surface area contributed by atoms with Gasteiger partial charge in [-0.05, 0) is 37.6 Å². The van der Waals surface area contributed by atoms with Gasteiger partial charge in [-0.1, -0.05) is 18.4 Å². The number of amides is 2. The number of nitrogens with zero attached hydrogens (tertiary/aromatic N) is 1. The largest absolute Gasteiger partial charge is 0.435 e. The number of nitrogens with one attached hydrogen (secondary N) is 2. The number of hydrogen-bond acceptors (Lipinski definition) is 4. The van der Waals surface area contributed by atoms with Crippen LogP contribution in [0.5, 0.6) is 5.75 Å². The minimum atomic E-state index is -2.98. The van der Waals surface area contributed by atoms with Crippen LogP contribution >= 0.6 is 0 Å². The summed E-state index contributed by atoms with van der Waals surface area (Å²) in [5.74, 6) is 1.39. The van der Waals surface area contributed by atoms with E-state index in [9.17, 15) is 18.4 Å². The molecule has 134 valence electrons. The highest BCUT2D eigenvalue weighted by Crippen LogP contribution is 2.17. The number of halogens is 2. The molecule has 2 rings (SSSR count). The maximum absolute atomic E-state index is 12.3. The highest BCUT2D eigenvalue weighted by molar-refractivity contribution is 5.96. The van der Waals surface area contributed by atoms with E-state index in [2.05, 4.69) is 21.5 Å². The number of benzene rings is 1. The van der Waals surface area contributed by atoms with Crippen LogP contribution in [0.1, 0.15) is 29.6 Å². The maximum atomic E-state index is 12.3. The summed E-state index contributed by atoms with van der Waals surface area (Å²) in [5, 5.41) is 0. The molecule has 1 fully saturated rings. The molecule has 1 aromatic carbocycles. The van der Waals surface area contributed by atoms with Crippen LogP contribution in [0.15, 0.2) is 24.3 Å². The van der Waals surface area contributed by atoms with Gasteiger partial charge in [0.05, 0.1) is 12.6 Å². The quantitative estimate of drug-likeness (QED) is 0.624. The third-order valence-electron chi connectivity index (χ3n) is 3.83. The molecule has 6 nitrogen and oxygen atoms in total. The van der Waals surface area contributed by atoms with Crippen LogP contribution in [0.25, 0.3) is 0 Å². The van der Waals surface area contributed by atoms with Gasteiger partial charge in [-0.15, -0.1) is 6.42 Å². The zero-order valence-electron chi connectivity index (χ0n) is 13.5. The van der Waals surface area contributed by atoms with E-state index in [1.54, 1.807) is 0 Å². The second kappa shape index (κ2) is 8.99. The third-order valence-corrected chi connectivity index (χ3v) is 3.83. The van der Waals surface area contributed by atoms with Crippen molar-refractivity contribution in [3.63, 3.8) is 0 Å². The van der Waals surface area contributed by atoms with Gasteiger partial charge >= 0.3 is 6.61 Å². The Labute approximate surface area is 144 Å². The summed E-state index contributed by atoms with van der Waals surface area (Å²) in [4.78, 5) is 26.2. The van der Waals surface area contributed by atoms with E-state index in [4.69, 9.17) is 6.42 Å². The molecule has 0 unspecified atom stereocenters. The molecule has 1 heterocycles. The number of carbonyl (C=O) groups excluding carboxylic acids is 2. The highest BCUT2D eigenvalue weighted by Gasteiger charge is 2.28. The van der Waals surface area contributed by atoms with Gasteiger partial charge in [0.2, 0.25) is 0 Å². The van der Waals surface area contributed by atoms with Crippen molar-refractivity contribution in [3.8, 4) is 18.1 Å². The molecule has 0 radical (unpaired) electrons. The maximum Gasteiger partial charge on any atom is 0.387 e. The van der Waals surface area contributed by atoms with Gasteiger partial charge in [-0.25, -0.2) is 0 Å². The van der Waals surface area contributed by atoms with Crippen LogP contribution in [0.4, 0.5) is 8.78 Å². The van der Waals surface area contributed by atoms with Crippen molar-refractivity contribution in [2.45, 2.75) is 31.9 Å². The first kappa shape index (κ1) is 18.7. The average molecular weight is 351 g/mol. The summed E-state index contributed by atoms with van der Waals surface area (Å²) in [5.41, 5.74) is 4.73. The van der Waals surface area contributed by atoms with Crippen molar-refractivity contribution < 1.29 is 23.1 Å². The number of alkyl halides is 2. The number of hydrazine groups is 1. The van der Waals surface area contributed by atoms with Gasteiger partial charge in [-0.3, -0.25) is 25.3 Å². The lowest BCUT2D eigenvalue weighted by molar-refractivity contribution is -0.128. The summed E-state index contributed by atoms with van der Waals surface area (Å²) in [7, 11) is 0. The fraction of sp³-hybridized carbons (Fsp3) is 0.412. The molecule has 2 N–H and O–H groups in total. The third kappa shape index (κ3) is 5.43. The first-order valence-electron chi connectivity index (χ1n) is 7.84. The predicted octanol–water partition coefficient (Wildman–Crippen LogP) is 1.54. The molecule has 1 saturated heterocycles. The molecule has 0 aliphatic carbocycles. The zero-order valence-corrected chi connectivity index (χ0v) is 13.5. The topological polar surface area (TPSA) is 70.7 Å². The lowest BCUT2D eigenvalue weighted by Crippen LogP contribution is -2.54. The van der Waals surface area contributed by atoms with Gasteiger partial charge in [0, 0.05) is 5.56 Å². The summed E-state index contributed by atoms with van der Waals surface area (Å²) in [6.45, 7) is -1.89. The Morgan fingerprint density at radius 2 is 2.16 bits per heavy atom. The minimum absolute atomic E-state index is 0.0857. The normalized spacial score (nSPS) is 17.6. The van der Waals surface area contributed by atoms with Crippen LogP contribution in [0.2, 0.25) is 0 Å². The molecule has 1 atom stereocenters. The average Bonchev–Trinajstić information content (AvgIpc) is 2.60. The second-order valence-corrected chi connectivity index (χ2v) is 5.54. The van der Waals surface area contributed by atoms with E-state index in [0.717, 1.165) is 19.4 Å². The number of piperidine rings is 1. The summed E-state index contributed by atoms with van der Waals surface area (Å²) in [6, 6.07) is 4.90. The van der Waals surface area contributed by atoms with Crippen molar-refractivity contribution in [2.75, 3.05) is 13.1 Å². The molecule has 0 aromatic heterocycles. The summed E-state index contributed by atoms with van der Waals surface area (Å²) < 4.78 is 28.7. The molecule has 1 aromatic rings. The Morgan fingerprint density at radius 3 is 2.88 bits per heavy atom. The van der Waals surface area contributed by atoms with Crippen molar-refractivity contribution in [1.29, 1.82) is 0 Å². The van der Waals surface area contributed by atoms with Crippen molar-refractivity contribution >= 4 is 11.8 Å². The Morgan fingerprint density at radius 1 is 1.36 bits per heavy atom. The van der Waals surface area contributed by atoms with Gasteiger partial charge in [0.25, 0.3) is 11.8 Å². The first-order valence-corrected chi connectivity index (χ1v) is 7.84.